The van der Waals surface area contributed by atoms with Crippen LogP contribution in [-0.2, 0) is 11.2 Å². The maximum atomic E-state index is 5.66. The second-order valence-corrected chi connectivity index (χ2v) is 6.85. The minimum Gasteiger partial charge on any atom is -0.493 e. The molecular weight excluding hydrogens is 469 g/mol. The topological polar surface area (TPSA) is 64.1 Å². The molecule has 1 aromatic carbocycles. The van der Waals surface area contributed by atoms with Gasteiger partial charge in [0.2, 0.25) is 0 Å². The summed E-state index contributed by atoms with van der Waals surface area (Å²) in [5.41, 5.74) is 1.23. The van der Waals surface area contributed by atoms with Crippen LogP contribution in [0.5, 0.6) is 11.5 Å². The number of hydrogen-bond donors (Lipinski definition) is 2. The number of methoxy groups -OCH3 is 2. The Morgan fingerprint density at radius 2 is 1.89 bits per heavy atom. The first-order chi connectivity index (χ1) is 13.3. The zero-order valence-electron chi connectivity index (χ0n) is 17.5. The van der Waals surface area contributed by atoms with Gasteiger partial charge in [-0.3, -0.25) is 4.99 Å². The lowest BCUT2D eigenvalue weighted by Crippen LogP contribution is -2.38. The van der Waals surface area contributed by atoms with E-state index in [1.165, 1.54) is 18.4 Å². The fourth-order valence-electron chi connectivity index (χ4n) is 2.77. The van der Waals surface area contributed by atoms with E-state index in [2.05, 4.69) is 28.6 Å². The first-order valence-corrected chi connectivity index (χ1v) is 10.1. The maximum absolute atomic E-state index is 5.66. The van der Waals surface area contributed by atoms with Crippen molar-refractivity contribution >= 4 is 29.9 Å². The number of nitrogens with zero attached hydrogens (tertiary/aromatic N) is 1. The van der Waals surface area contributed by atoms with Crippen molar-refractivity contribution in [3.63, 3.8) is 0 Å². The van der Waals surface area contributed by atoms with Gasteiger partial charge in [0.15, 0.2) is 17.5 Å². The molecule has 1 aliphatic rings. The van der Waals surface area contributed by atoms with Crippen molar-refractivity contribution in [1.82, 2.24) is 10.6 Å². The molecule has 6 nitrogen and oxygen atoms in total. The number of ether oxygens (including phenoxy) is 3. The fraction of sp³-hybridized carbons (Fsp3) is 0.667. The number of aryl methyl sites for hydroxylation is 1. The van der Waals surface area contributed by atoms with E-state index in [0.29, 0.717) is 0 Å². The van der Waals surface area contributed by atoms with Crippen molar-refractivity contribution in [1.29, 1.82) is 0 Å². The number of aliphatic imine (C=N–C) groups is 1. The summed E-state index contributed by atoms with van der Waals surface area (Å²) >= 11 is 0. The van der Waals surface area contributed by atoms with E-state index in [9.17, 15) is 0 Å². The van der Waals surface area contributed by atoms with Gasteiger partial charge in [0.25, 0.3) is 0 Å². The largest absolute Gasteiger partial charge is 0.493 e. The molecule has 0 radical (unpaired) electrons. The Morgan fingerprint density at radius 3 is 2.57 bits per heavy atom. The van der Waals surface area contributed by atoms with E-state index in [-0.39, 0.29) is 24.0 Å². The van der Waals surface area contributed by atoms with E-state index in [1.54, 1.807) is 14.2 Å². The summed E-state index contributed by atoms with van der Waals surface area (Å²) in [6, 6.07) is 6.07. The molecule has 0 saturated heterocycles. The standard InChI is InChI=1S/C21H35N3O3.HI/c1-4-22-21(24-13-6-14-27-16-18-8-9-18)23-12-5-7-17-10-11-19(25-2)20(15-17)26-3;/h10-11,15,18H,4-9,12-14,16H2,1-3H3,(H2,22,23,24);1H. The average Bonchev–Trinajstić information content (AvgIpc) is 3.51. The molecule has 1 aromatic rings. The minimum absolute atomic E-state index is 0. The minimum atomic E-state index is 0. The van der Waals surface area contributed by atoms with Gasteiger partial charge >= 0.3 is 0 Å². The Bertz CT molecular complexity index is 580. The van der Waals surface area contributed by atoms with Gasteiger partial charge in [-0.15, -0.1) is 24.0 Å². The number of rotatable bonds is 13. The van der Waals surface area contributed by atoms with Crippen molar-refractivity contribution < 1.29 is 14.2 Å². The predicted octanol–water partition coefficient (Wildman–Crippen LogP) is 3.63. The summed E-state index contributed by atoms with van der Waals surface area (Å²) in [7, 11) is 3.32. The highest BCUT2D eigenvalue weighted by Crippen LogP contribution is 2.29. The van der Waals surface area contributed by atoms with Crippen LogP contribution in [0.2, 0.25) is 0 Å². The zero-order valence-corrected chi connectivity index (χ0v) is 19.8. The van der Waals surface area contributed by atoms with Crippen LogP contribution in [0, 0.1) is 5.92 Å². The lowest BCUT2D eigenvalue weighted by atomic mass is 10.1. The Labute approximate surface area is 186 Å². The van der Waals surface area contributed by atoms with Gasteiger partial charge in [-0.25, -0.2) is 0 Å². The van der Waals surface area contributed by atoms with Crippen molar-refractivity contribution in [3.05, 3.63) is 23.8 Å². The molecule has 1 aliphatic carbocycles. The number of nitrogens with one attached hydrogen (secondary N) is 2. The SMILES string of the molecule is CCNC(=NCCCc1ccc(OC)c(OC)c1)NCCCOCC1CC1.I. The van der Waals surface area contributed by atoms with E-state index in [0.717, 1.165) is 75.5 Å². The Kier molecular flexibility index (Phi) is 13.1. The summed E-state index contributed by atoms with van der Waals surface area (Å²) in [4.78, 5) is 4.66. The highest BCUT2D eigenvalue weighted by atomic mass is 127. The van der Waals surface area contributed by atoms with Gasteiger partial charge in [-0.05, 0) is 62.6 Å². The maximum Gasteiger partial charge on any atom is 0.191 e. The predicted molar refractivity (Wildman–Crippen MR) is 125 cm³/mol. The third-order valence-corrected chi connectivity index (χ3v) is 4.49. The molecule has 0 spiro atoms. The third kappa shape index (κ3) is 9.82. The molecule has 0 heterocycles. The molecule has 0 aliphatic heterocycles. The van der Waals surface area contributed by atoms with E-state index in [4.69, 9.17) is 14.2 Å². The van der Waals surface area contributed by atoms with Gasteiger partial charge in [0, 0.05) is 32.8 Å². The first kappa shape index (κ1) is 24.8. The highest BCUT2D eigenvalue weighted by Gasteiger charge is 2.20. The summed E-state index contributed by atoms with van der Waals surface area (Å²) in [5, 5.41) is 6.67. The van der Waals surface area contributed by atoms with E-state index >= 15 is 0 Å². The van der Waals surface area contributed by atoms with Crippen LogP contribution >= 0.6 is 24.0 Å². The van der Waals surface area contributed by atoms with Crippen LogP contribution in [0.25, 0.3) is 0 Å². The number of halogens is 1. The van der Waals surface area contributed by atoms with Crippen LogP contribution in [0.3, 0.4) is 0 Å². The van der Waals surface area contributed by atoms with Crippen molar-refractivity contribution in [2.24, 2.45) is 10.9 Å². The fourth-order valence-corrected chi connectivity index (χ4v) is 2.77. The smallest absolute Gasteiger partial charge is 0.191 e. The summed E-state index contributed by atoms with van der Waals surface area (Å²) in [6.45, 7) is 6.36. The second kappa shape index (κ2) is 14.7. The average molecular weight is 505 g/mol. The number of hydrogen-bond acceptors (Lipinski definition) is 4. The van der Waals surface area contributed by atoms with Crippen LogP contribution in [0.15, 0.2) is 23.2 Å². The van der Waals surface area contributed by atoms with Crippen LogP contribution < -0.4 is 20.1 Å². The highest BCUT2D eigenvalue weighted by molar-refractivity contribution is 14.0. The van der Waals surface area contributed by atoms with Gasteiger partial charge in [-0.1, -0.05) is 6.07 Å². The van der Waals surface area contributed by atoms with Crippen LogP contribution in [0.4, 0.5) is 0 Å². The van der Waals surface area contributed by atoms with E-state index < -0.39 is 0 Å². The van der Waals surface area contributed by atoms with E-state index in [1.807, 2.05) is 12.1 Å². The Morgan fingerprint density at radius 1 is 1.11 bits per heavy atom. The number of benzene rings is 1. The second-order valence-electron chi connectivity index (χ2n) is 6.85. The van der Waals surface area contributed by atoms with Crippen LogP contribution in [-0.4, -0.2) is 53.0 Å². The Balaban J connectivity index is 0.00000392. The molecule has 0 aromatic heterocycles. The molecule has 0 amide bonds. The summed E-state index contributed by atoms with van der Waals surface area (Å²) in [6.07, 6.45) is 5.63. The third-order valence-electron chi connectivity index (χ3n) is 4.49. The monoisotopic (exact) mass is 505 g/mol. The molecule has 7 heteroatoms. The quantitative estimate of drug-likeness (QED) is 0.186. The van der Waals surface area contributed by atoms with Gasteiger partial charge in [-0.2, -0.15) is 0 Å². The number of guanidine groups is 1. The van der Waals surface area contributed by atoms with Crippen molar-refractivity contribution in [2.75, 3.05) is 47.1 Å². The Hall–Kier alpha value is -1.22. The van der Waals surface area contributed by atoms with Crippen molar-refractivity contribution in [2.45, 2.75) is 39.0 Å². The molecule has 0 atom stereocenters. The molecule has 28 heavy (non-hydrogen) atoms. The molecule has 1 fully saturated rings. The molecule has 2 N–H and O–H groups in total. The molecule has 0 unspecified atom stereocenters. The lowest BCUT2D eigenvalue weighted by molar-refractivity contribution is 0.123. The van der Waals surface area contributed by atoms with Crippen LogP contribution in [0.1, 0.15) is 38.2 Å². The molecule has 2 rings (SSSR count). The zero-order chi connectivity index (χ0) is 19.3. The molecular formula is C21H36IN3O3. The van der Waals surface area contributed by atoms with Crippen molar-refractivity contribution in [3.8, 4) is 11.5 Å². The molecule has 0 bridgehead atoms. The van der Waals surface area contributed by atoms with Gasteiger partial charge < -0.3 is 24.8 Å². The lowest BCUT2D eigenvalue weighted by Gasteiger charge is -2.12. The van der Waals surface area contributed by atoms with Gasteiger partial charge in [0.1, 0.15) is 0 Å². The van der Waals surface area contributed by atoms with Gasteiger partial charge in [0.05, 0.1) is 14.2 Å². The molecule has 1 saturated carbocycles. The normalized spacial score (nSPS) is 13.6. The summed E-state index contributed by atoms with van der Waals surface area (Å²) < 4.78 is 16.3. The first-order valence-electron chi connectivity index (χ1n) is 10.1. The summed E-state index contributed by atoms with van der Waals surface area (Å²) in [5.74, 6) is 3.26. The molecule has 160 valence electrons.